The minimum Gasteiger partial charge on any atom is -0.351 e. The molecule has 2 aromatic carbocycles. The van der Waals surface area contributed by atoms with Crippen molar-refractivity contribution in [2.24, 2.45) is 0 Å². The zero-order valence-electron chi connectivity index (χ0n) is 18.7. The first-order chi connectivity index (χ1) is 17.0. The number of anilines is 1. The molecule has 1 aromatic heterocycles. The smallest absolute Gasteiger partial charge is 0.351 e. The maximum absolute atomic E-state index is 13.8. The highest BCUT2D eigenvalue weighted by Crippen LogP contribution is 2.40. The van der Waals surface area contributed by atoms with E-state index in [0.29, 0.717) is 17.7 Å². The Morgan fingerprint density at radius 3 is 2.11 bits per heavy atom. The molecule has 0 bridgehead atoms. The molecule has 1 heterocycles. The summed E-state index contributed by atoms with van der Waals surface area (Å²) in [6.07, 6.45) is -18.2. The molecule has 0 aliphatic rings. The minimum atomic E-state index is -5.29. The lowest BCUT2D eigenvalue weighted by Gasteiger charge is -2.27. The normalized spacial score (nSPS) is 14.3. The van der Waals surface area contributed by atoms with Crippen molar-refractivity contribution in [3.05, 3.63) is 92.9 Å². The maximum Gasteiger partial charge on any atom is 0.433 e. The molecule has 0 aliphatic heterocycles. The number of benzene rings is 2. The molecule has 0 fully saturated rings. The third kappa shape index (κ3) is 7.47. The molecule has 2 N–H and O–H groups in total. The van der Waals surface area contributed by atoms with Gasteiger partial charge in [-0.05, 0) is 31.0 Å². The highest BCUT2D eigenvalue weighted by Gasteiger charge is 2.40. The van der Waals surface area contributed by atoms with Gasteiger partial charge in [0.25, 0.3) is 5.56 Å². The molecule has 200 valence electrons. The van der Waals surface area contributed by atoms with Crippen molar-refractivity contribution >= 4 is 5.95 Å². The molecule has 0 spiro atoms. The number of nitrogens with one attached hydrogen (secondary N) is 2. The van der Waals surface area contributed by atoms with E-state index in [2.05, 4.69) is 10.3 Å². The monoisotopic (exact) mass is 539 g/mol. The van der Waals surface area contributed by atoms with Crippen LogP contribution < -0.4 is 10.9 Å². The van der Waals surface area contributed by atoms with Gasteiger partial charge in [-0.3, -0.25) is 9.78 Å². The van der Waals surface area contributed by atoms with Gasteiger partial charge in [0.05, 0.1) is 17.2 Å². The number of hydrogen-bond acceptors (Lipinski definition) is 4. The lowest BCUT2D eigenvalue weighted by Crippen LogP contribution is -2.27. The van der Waals surface area contributed by atoms with Gasteiger partial charge in [-0.25, -0.2) is 4.98 Å². The van der Waals surface area contributed by atoms with Gasteiger partial charge in [0.15, 0.2) is 11.9 Å². The summed E-state index contributed by atoms with van der Waals surface area (Å²) in [5.74, 6) is -0.898. The molecular weight excluding hydrogens is 521 g/mol. The number of rotatable bonds is 7. The predicted molar refractivity (Wildman–Crippen MR) is 113 cm³/mol. The summed E-state index contributed by atoms with van der Waals surface area (Å²) in [5.41, 5.74) is -6.41. The van der Waals surface area contributed by atoms with Crippen LogP contribution in [0.2, 0.25) is 0 Å². The van der Waals surface area contributed by atoms with E-state index in [9.17, 15) is 44.3 Å². The van der Waals surface area contributed by atoms with Gasteiger partial charge in [-0.1, -0.05) is 36.4 Å². The summed E-state index contributed by atoms with van der Waals surface area (Å²) in [4.78, 5) is 16.8. The van der Waals surface area contributed by atoms with Crippen molar-refractivity contribution in [1.29, 1.82) is 0 Å². The Morgan fingerprint density at radius 1 is 0.892 bits per heavy atom. The SMILES string of the molecule is CC(Cc1ccccc1)OC(Nc1nc(C(F)(F)F)cc(=O)[nH]1)c1ccc(C(F)(F)F)cc1C(F)(F)F. The van der Waals surface area contributed by atoms with Gasteiger partial charge < -0.3 is 10.1 Å². The molecule has 0 amide bonds. The number of aromatic amines is 1. The topological polar surface area (TPSA) is 67.0 Å². The van der Waals surface area contributed by atoms with Crippen LogP contribution in [0, 0.1) is 0 Å². The molecule has 5 nitrogen and oxygen atoms in total. The molecule has 0 aliphatic carbocycles. The fourth-order valence-corrected chi connectivity index (χ4v) is 3.41. The average molecular weight is 539 g/mol. The molecule has 2 atom stereocenters. The van der Waals surface area contributed by atoms with E-state index in [1.807, 2.05) is 4.98 Å². The second kappa shape index (κ2) is 10.4. The zero-order chi connectivity index (χ0) is 27.6. The number of nitrogens with zero attached hydrogens (tertiary/aromatic N) is 1. The quantitative estimate of drug-likeness (QED) is 0.263. The number of ether oxygens (including phenoxy) is 1. The van der Waals surface area contributed by atoms with Crippen molar-refractivity contribution in [1.82, 2.24) is 9.97 Å². The van der Waals surface area contributed by atoms with E-state index >= 15 is 0 Å². The molecule has 0 saturated heterocycles. The average Bonchev–Trinajstić information content (AvgIpc) is 2.77. The summed E-state index contributed by atoms with van der Waals surface area (Å²) in [6, 6.07) is 9.36. The Morgan fingerprint density at radius 2 is 1.54 bits per heavy atom. The first-order valence-corrected chi connectivity index (χ1v) is 10.5. The van der Waals surface area contributed by atoms with E-state index in [0.717, 1.165) is 0 Å². The van der Waals surface area contributed by atoms with Crippen molar-refractivity contribution in [3.63, 3.8) is 0 Å². The summed E-state index contributed by atoms with van der Waals surface area (Å²) in [5, 5.41) is 2.17. The van der Waals surface area contributed by atoms with Gasteiger partial charge in [-0.15, -0.1) is 0 Å². The van der Waals surface area contributed by atoms with Gasteiger partial charge in [0.2, 0.25) is 5.95 Å². The summed E-state index contributed by atoms with van der Waals surface area (Å²) < 4.78 is 126. The van der Waals surface area contributed by atoms with Gasteiger partial charge in [0.1, 0.15) is 0 Å². The molecule has 37 heavy (non-hydrogen) atoms. The third-order valence-corrected chi connectivity index (χ3v) is 5.00. The Balaban J connectivity index is 2.08. The van der Waals surface area contributed by atoms with Gasteiger partial charge in [0, 0.05) is 11.6 Å². The van der Waals surface area contributed by atoms with Crippen LogP contribution in [0.3, 0.4) is 0 Å². The van der Waals surface area contributed by atoms with Crippen LogP contribution in [0.25, 0.3) is 0 Å². The number of H-pyrrole nitrogens is 1. The highest BCUT2D eigenvalue weighted by atomic mass is 19.4. The Kier molecular flexibility index (Phi) is 7.91. The second-order valence-corrected chi connectivity index (χ2v) is 7.94. The summed E-state index contributed by atoms with van der Waals surface area (Å²) in [6.45, 7) is 1.45. The Hall–Kier alpha value is -3.55. The van der Waals surface area contributed by atoms with Crippen LogP contribution in [0.1, 0.15) is 41.1 Å². The largest absolute Gasteiger partial charge is 0.433 e. The predicted octanol–water partition coefficient (Wildman–Crippen LogP) is 6.58. The van der Waals surface area contributed by atoms with Gasteiger partial charge >= 0.3 is 18.5 Å². The number of halogens is 9. The number of hydrogen-bond donors (Lipinski definition) is 2. The Labute approximate surface area is 203 Å². The van der Waals surface area contributed by atoms with Crippen molar-refractivity contribution in [3.8, 4) is 0 Å². The molecule has 3 aromatic rings. The summed E-state index contributed by atoms with van der Waals surface area (Å²) >= 11 is 0. The van der Waals surface area contributed by atoms with Crippen molar-refractivity contribution < 1.29 is 44.3 Å². The lowest BCUT2D eigenvalue weighted by atomic mass is 10.0. The number of alkyl halides is 9. The molecule has 14 heteroatoms. The second-order valence-electron chi connectivity index (χ2n) is 7.94. The standard InChI is InChI=1S/C23H18F9N3O2/c1-12(9-13-5-3-2-4-6-13)37-19(35-20-33-17(23(30,31)32)11-18(36)34-20)15-8-7-14(21(24,25)26)10-16(15)22(27,28)29/h2-8,10-12,19H,9H2,1H3,(H2,33,34,35,36). The molecule has 0 saturated carbocycles. The van der Waals surface area contributed by atoms with Crippen LogP contribution in [0.4, 0.5) is 45.5 Å². The van der Waals surface area contributed by atoms with E-state index < -0.39 is 64.8 Å². The molecular formula is C23H18F9N3O2. The first kappa shape index (κ1) is 28.0. The van der Waals surface area contributed by atoms with E-state index in [4.69, 9.17) is 4.74 Å². The van der Waals surface area contributed by atoms with Gasteiger partial charge in [-0.2, -0.15) is 39.5 Å². The molecule has 0 radical (unpaired) electrons. The van der Waals surface area contributed by atoms with Crippen molar-refractivity contribution in [2.75, 3.05) is 5.32 Å². The fourth-order valence-electron chi connectivity index (χ4n) is 3.41. The maximum atomic E-state index is 13.8. The van der Waals surface area contributed by atoms with E-state index in [1.54, 1.807) is 30.3 Å². The van der Waals surface area contributed by atoms with E-state index in [1.165, 1.54) is 6.92 Å². The highest BCUT2D eigenvalue weighted by molar-refractivity contribution is 5.40. The molecule has 2 unspecified atom stereocenters. The fraction of sp³-hybridized carbons (Fsp3) is 0.304. The zero-order valence-corrected chi connectivity index (χ0v) is 18.7. The number of aromatic nitrogens is 2. The minimum absolute atomic E-state index is 0.127. The van der Waals surface area contributed by atoms with Crippen LogP contribution in [-0.2, 0) is 29.7 Å². The van der Waals surface area contributed by atoms with E-state index in [-0.39, 0.29) is 18.6 Å². The molecule has 3 rings (SSSR count). The Bertz CT molecular complexity index is 1270. The lowest BCUT2D eigenvalue weighted by molar-refractivity contribution is -0.144. The third-order valence-electron chi connectivity index (χ3n) is 5.00. The van der Waals surface area contributed by atoms with Crippen LogP contribution in [0.15, 0.2) is 59.4 Å². The first-order valence-electron chi connectivity index (χ1n) is 10.5. The van der Waals surface area contributed by atoms with Crippen LogP contribution >= 0.6 is 0 Å². The van der Waals surface area contributed by atoms with Crippen molar-refractivity contribution in [2.45, 2.75) is 44.2 Å². The summed E-state index contributed by atoms with van der Waals surface area (Å²) in [7, 11) is 0. The van der Waals surface area contributed by atoms with Crippen LogP contribution in [-0.4, -0.2) is 16.1 Å². The van der Waals surface area contributed by atoms with Crippen LogP contribution in [0.5, 0.6) is 0 Å².